The van der Waals surface area contributed by atoms with Crippen LogP contribution in [0.5, 0.6) is 0 Å². The van der Waals surface area contributed by atoms with Gasteiger partial charge in [0.2, 0.25) is 5.91 Å². The number of amides is 3. The van der Waals surface area contributed by atoms with Crippen LogP contribution in [-0.4, -0.2) is 34.8 Å². The molecule has 3 rings (SSSR count). The van der Waals surface area contributed by atoms with E-state index in [1.807, 2.05) is 50.4 Å². The zero-order valence-electron chi connectivity index (χ0n) is 19.8. The topological polar surface area (TPSA) is 52.7 Å². The molecule has 0 aliphatic carbocycles. The van der Waals surface area contributed by atoms with Crippen LogP contribution in [0.3, 0.4) is 0 Å². The van der Waals surface area contributed by atoms with Crippen molar-refractivity contribution in [2.24, 2.45) is 0 Å². The van der Waals surface area contributed by atoms with Crippen molar-refractivity contribution in [3.63, 3.8) is 0 Å². The standard InChI is InChI=1S/C27H30FN3O2S/c1-5-13-30(27(33)29-24-11-6-19(2)21(4)15-24)18-26(32)31(17-25-20(3)12-14-34-25)16-22-7-9-23(28)10-8-22/h5-12,14-15H,1,13,16-18H2,2-4H3,(H,29,33). The van der Waals surface area contributed by atoms with Gasteiger partial charge in [0, 0.05) is 23.7 Å². The van der Waals surface area contributed by atoms with Crippen LogP contribution in [0.1, 0.15) is 27.1 Å². The van der Waals surface area contributed by atoms with Crippen LogP contribution < -0.4 is 5.32 Å². The summed E-state index contributed by atoms with van der Waals surface area (Å²) in [4.78, 5) is 30.6. The molecule has 7 heteroatoms. The van der Waals surface area contributed by atoms with Crippen LogP contribution in [-0.2, 0) is 17.9 Å². The van der Waals surface area contributed by atoms with E-state index in [2.05, 4.69) is 11.9 Å². The summed E-state index contributed by atoms with van der Waals surface area (Å²) in [5, 5.41) is 4.87. The Morgan fingerprint density at radius 3 is 2.32 bits per heavy atom. The number of hydrogen-bond donors (Lipinski definition) is 1. The second-order valence-electron chi connectivity index (χ2n) is 8.30. The average Bonchev–Trinajstić information content (AvgIpc) is 3.21. The number of nitrogens with one attached hydrogen (secondary N) is 1. The number of nitrogens with zero attached hydrogens (tertiary/aromatic N) is 2. The van der Waals surface area contributed by atoms with Crippen LogP contribution >= 0.6 is 11.3 Å². The van der Waals surface area contributed by atoms with Gasteiger partial charge in [0.15, 0.2) is 0 Å². The summed E-state index contributed by atoms with van der Waals surface area (Å²) in [6.07, 6.45) is 1.60. The third-order valence-corrected chi connectivity index (χ3v) is 6.67. The largest absolute Gasteiger partial charge is 0.332 e. The molecule has 3 amide bonds. The molecule has 178 valence electrons. The van der Waals surface area contributed by atoms with Crippen molar-refractivity contribution in [3.05, 3.63) is 99.5 Å². The summed E-state index contributed by atoms with van der Waals surface area (Å²) < 4.78 is 13.4. The van der Waals surface area contributed by atoms with E-state index in [4.69, 9.17) is 0 Å². The lowest BCUT2D eigenvalue weighted by Crippen LogP contribution is -2.44. The minimum absolute atomic E-state index is 0.103. The van der Waals surface area contributed by atoms with Crippen molar-refractivity contribution in [2.45, 2.75) is 33.9 Å². The third kappa shape index (κ3) is 6.78. The second-order valence-corrected chi connectivity index (χ2v) is 9.30. The average molecular weight is 480 g/mol. The van der Waals surface area contributed by atoms with E-state index in [0.29, 0.717) is 18.8 Å². The van der Waals surface area contributed by atoms with Crippen molar-refractivity contribution in [3.8, 4) is 0 Å². The van der Waals surface area contributed by atoms with E-state index in [-0.39, 0.29) is 30.8 Å². The van der Waals surface area contributed by atoms with Gasteiger partial charge < -0.3 is 15.1 Å². The molecule has 0 fully saturated rings. The van der Waals surface area contributed by atoms with E-state index in [1.54, 1.807) is 34.4 Å². The quantitative estimate of drug-likeness (QED) is 0.379. The van der Waals surface area contributed by atoms with Crippen molar-refractivity contribution < 1.29 is 14.0 Å². The molecule has 34 heavy (non-hydrogen) atoms. The monoisotopic (exact) mass is 479 g/mol. The molecule has 0 saturated carbocycles. The first-order valence-electron chi connectivity index (χ1n) is 11.1. The predicted octanol–water partition coefficient (Wildman–Crippen LogP) is 6.06. The van der Waals surface area contributed by atoms with Crippen molar-refractivity contribution in [1.82, 2.24) is 9.80 Å². The Morgan fingerprint density at radius 1 is 0.971 bits per heavy atom. The fourth-order valence-corrected chi connectivity index (χ4v) is 4.36. The van der Waals surface area contributed by atoms with Crippen LogP contribution in [0, 0.1) is 26.6 Å². The lowest BCUT2D eigenvalue weighted by atomic mass is 10.1. The highest BCUT2D eigenvalue weighted by molar-refractivity contribution is 7.10. The maximum atomic E-state index is 13.4. The van der Waals surface area contributed by atoms with Gasteiger partial charge >= 0.3 is 6.03 Å². The number of carbonyl (C=O) groups excluding carboxylic acids is 2. The number of rotatable bonds is 9. The molecule has 0 spiro atoms. The number of benzene rings is 2. The minimum Gasteiger partial charge on any atom is -0.332 e. The summed E-state index contributed by atoms with van der Waals surface area (Å²) in [5.41, 5.74) is 4.81. The first-order chi connectivity index (χ1) is 16.3. The molecule has 0 aliphatic rings. The van der Waals surface area contributed by atoms with Gasteiger partial charge in [0.1, 0.15) is 12.4 Å². The molecule has 5 nitrogen and oxygen atoms in total. The third-order valence-electron chi connectivity index (χ3n) is 5.66. The molecule has 0 saturated heterocycles. The van der Waals surface area contributed by atoms with E-state index >= 15 is 0 Å². The Morgan fingerprint density at radius 2 is 1.71 bits per heavy atom. The Hall–Kier alpha value is -3.45. The summed E-state index contributed by atoms with van der Waals surface area (Å²) >= 11 is 1.59. The summed E-state index contributed by atoms with van der Waals surface area (Å²) in [7, 11) is 0. The van der Waals surface area contributed by atoms with Crippen molar-refractivity contribution in [1.29, 1.82) is 0 Å². The lowest BCUT2D eigenvalue weighted by Gasteiger charge is -2.27. The van der Waals surface area contributed by atoms with Gasteiger partial charge in [-0.15, -0.1) is 17.9 Å². The van der Waals surface area contributed by atoms with E-state index in [9.17, 15) is 14.0 Å². The molecule has 2 aromatic carbocycles. The number of aryl methyl sites for hydroxylation is 3. The van der Waals surface area contributed by atoms with Gasteiger partial charge in [-0.2, -0.15) is 0 Å². The number of carbonyl (C=O) groups is 2. The number of halogens is 1. The molecule has 1 aromatic heterocycles. The highest BCUT2D eigenvalue weighted by atomic mass is 32.1. The summed E-state index contributed by atoms with van der Waals surface area (Å²) in [6.45, 7) is 10.6. The van der Waals surface area contributed by atoms with Gasteiger partial charge in [0.25, 0.3) is 0 Å². The Kier molecular flexibility index (Phi) is 8.60. The highest BCUT2D eigenvalue weighted by Crippen LogP contribution is 2.20. The molecule has 1 heterocycles. The molecular weight excluding hydrogens is 449 g/mol. The van der Waals surface area contributed by atoms with E-state index < -0.39 is 0 Å². The number of anilines is 1. The smallest absolute Gasteiger partial charge is 0.322 e. The van der Waals surface area contributed by atoms with Gasteiger partial charge in [-0.3, -0.25) is 4.79 Å². The van der Waals surface area contributed by atoms with Crippen LogP contribution in [0.4, 0.5) is 14.9 Å². The molecule has 0 atom stereocenters. The first-order valence-corrected chi connectivity index (χ1v) is 11.9. The normalized spacial score (nSPS) is 10.6. The van der Waals surface area contributed by atoms with Crippen LogP contribution in [0.25, 0.3) is 0 Å². The van der Waals surface area contributed by atoms with Crippen LogP contribution in [0.2, 0.25) is 0 Å². The highest BCUT2D eigenvalue weighted by Gasteiger charge is 2.22. The molecule has 1 N–H and O–H groups in total. The molecule has 3 aromatic rings. The number of hydrogen-bond acceptors (Lipinski definition) is 3. The fourth-order valence-electron chi connectivity index (χ4n) is 3.44. The Labute approximate surface area is 204 Å². The van der Waals surface area contributed by atoms with E-state index in [0.717, 1.165) is 27.1 Å². The molecule has 0 radical (unpaired) electrons. The maximum absolute atomic E-state index is 13.4. The number of urea groups is 1. The van der Waals surface area contributed by atoms with Crippen molar-refractivity contribution >= 4 is 29.0 Å². The summed E-state index contributed by atoms with van der Waals surface area (Å²) in [5.74, 6) is -0.523. The van der Waals surface area contributed by atoms with Gasteiger partial charge in [-0.05, 0) is 78.7 Å². The molecule has 0 aliphatic heterocycles. The van der Waals surface area contributed by atoms with Gasteiger partial charge in [-0.1, -0.05) is 24.3 Å². The Bertz CT molecular complexity index is 1160. The minimum atomic E-state index is -0.370. The van der Waals surface area contributed by atoms with Gasteiger partial charge in [0.05, 0.1) is 6.54 Å². The first kappa shape index (κ1) is 25.2. The van der Waals surface area contributed by atoms with Gasteiger partial charge in [-0.25, -0.2) is 9.18 Å². The molecule has 0 bridgehead atoms. The SMILES string of the molecule is C=CCN(CC(=O)N(Cc1ccc(F)cc1)Cc1sccc1C)C(=O)Nc1ccc(C)c(C)c1. The number of thiophene rings is 1. The molecular formula is C27H30FN3O2S. The zero-order valence-corrected chi connectivity index (χ0v) is 20.6. The van der Waals surface area contributed by atoms with Crippen LogP contribution in [0.15, 0.2) is 66.6 Å². The maximum Gasteiger partial charge on any atom is 0.322 e. The predicted molar refractivity (Wildman–Crippen MR) is 136 cm³/mol. The van der Waals surface area contributed by atoms with Crippen molar-refractivity contribution in [2.75, 3.05) is 18.4 Å². The lowest BCUT2D eigenvalue weighted by molar-refractivity contribution is -0.132. The zero-order chi connectivity index (χ0) is 24.7. The summed E-state index contributed by atoms with van der Waals surface area (Å²) in [6, 6.07) is 13.4. The fraction of sp³-hybridized carbons (Fsp3) is 0.259. The Balaban J connectivity index is 1.77. The van der Waals surface area contributed by atoms with E-state index in [1.165, 1.54) is 17.0 Å². The second kappa shape index (κ2) is 11.6. The molecule has 0 unspecified atom stereocenters.